The fourth-order valence-corrected chi connectivity index (χ4v) is 2.52. The van der Waals surface area contributed by atoms with Gasteiger partial charge in [-0.1, -0.05) is 48.5 Å². The van der Waals surface area contributed by atoms with Crippen LogP contribution in [0, 0.1) is 6.92 Å². The van der Waals surface area contributed by atoms with Gasteiger partial charge in [-0.15, -0.1) is 0 Å². The molecule has 0 radical (unpaired) electrons. The highest BCUT2D eigenvalue weighted by Gasteiger charge is 2.13. The van der Waals surface area contributed by atoms with Crippen LogP contribution in [0.15, 0.2) is 59.4 Å². The van der Waals surface area contributed by atoms with E-state index >= 15 is 0 Å². The number of carbonyl (C=O) groups excluding carboxylic acids is 1. The van der Waals surface area contributed by atoms with E-state index in [4.69, 9.17) is 0 Å². The van der Waals surface area contributed by atoms with E-state index in [9.17, 15) is 9.59 Å². The molecule has 1 N–H and O–H groups in total. The minimum absolute atomic E-state index is 0.0226. The molecule has 0 unspecified atom stereocenters. The maximum absolute atomic E-state index is 12.4. The number of pyridine rings is 1. The molecule has 0 saturated carbocycles. The number of Topliss-reactive ketones (excluding diaryl/α,β-unsaturated/α-hetero) is 1. The highest BCUT2D eigenvalue weighted by molar-refractivity contribution is 6.00. The lowest BCUT2D eigenvalue weighted by atomic mass is 9.96. The van der Waals surface area contributed by atoms with Crippen LogP contribution in [0.2, 0.25) is 0 Å². The quantitative estimate of drug-likeness (QED) is 0.747. The number of nitrogens with one attached hydrogen (secondary N) is 1. The molecule has 1 aromatic heterocycles. The van der Waals surface area contributed by atoms with Gasteiger partial charge in [0.1, 0.15) is 0 Å². The van der Waals surface area contributed by atoms with E-state index < -0.39 is 0 Å². The van der Waals surface area contributed by atoms with E-state index in [0.717, 1.165) is 16.5 Å². The highest BCUT2D eigenvalue weighted by Crippen LogP contribution is 2.19. The minimum atomic E-state index is -0.135. The van der Waals surface area contributed by atoms with Crippen molar-refractivity contribution in [3.8, 4) is 0 Å². The first-order chi connectivity index (χ1) is 10.2. The van der Waals surface area contributed by atoms with Crippen LogP contribution in [0.3, 0.4) is 0 Å². The van der Waals surface area contributed by atoms with Crippen LogP contribution in [0.25, 0.3) is 10.9 Å². The second kappa shape index (κ2) is 5.37. The van der Waals surface area contributed by atoms with Gasteiger partial charge < -0.3 is 4.98 Å². The van der Waals surface area contributed by atoms with E-state index in [-0.39, 0.29) is 17.8 Å². The molecule has 3 rings (SSSR count). The van der Waals surface area contributed by atoms with Gasteiger partial charge in [-0.05, 0) is 18.6 Å². The van der Waals surface area contributed by atoms with Crippen LogP contribution < -0.4 is 5.56 Å². The predicted molar refractivity (Wildman–Crippen MR) is 83.8 cm³/mol. The topological polar surface area (TPSA) is 49.9 Å². The number of rotatable bonds is 3. The molecule has 3 nitrogen and oxygen atoms in total. The lowest BCUT2D eigenvalue weighted by molar-refractivity contribution is 0.0993. The van der Waals surface area contributed by atoms with Crippen LogP contribution in [0.5, 0.6) is 0 Å². The minimum Gasteiger partial charge on any atom is -0.322 e. The SMILES string of the molecule is Cc1c(CC(=O)c2ccccc2)c2ccccc2[nH]c1=O. The van der Waals surface area contributed by atoms with Crippen molar-refractivity contribution >= 4 is 16.7 Å². The number of para-hydroxylation sites is 1. The zero-order valence-corrected chi connectivity index (χ0v) is 11.7. The molecule has 0 amide bonds. The average Bonchev–Trinajstić information content (AvgIpc) is 2.52. The molecule has 2 aromatic carbocycles. The van der Waals surface area contributed by atoms with Crippen molar-refractivity contribution < 1.29 is 4.79 Å². The number of ketones is 1. The van der Waals surface area contributed by atoms with Gasteiger partial charge in [0.05, 0.1) is 0 Å². The zero-order chi connectivity index (χ0) is 14.8. The standard InChI is InChI=1S/C18H15NO2/c1-12-15(11-17(20)13-7-3-2-4-8-13)14-9-5-6-10-16(14)19-18(12)21/h2-10H,11H2,1H3,(H,19,21). The van der Waals surface area contributed by atoms with Crippen molar-refractivity contribution in [1.82, 2.24) is 4.98 Å². The van der Waals surface area contributed by atoms with Gasteiger partial charge in [-0.3, -0.25) is 9.59 Å². The van der Waals surface area contributed by atoms with Gasteiger partial charge in [0.15, 0.2) is 5.78 Å². The van der Waals surface area contributed by atoms with Gasteiger partial charge in [-0.2, -0.15) is 0 Å². The Hall–Kier alpha value is -2.68. The number of aromatic nitrogens is 1. The van der Waals surface area contributed by atoms with E-state index in [1.807, 2.05) is 42.5 Å². The smallest absolute Gasteiger partial charge is 0.251 e. The molecule has 21 heavy (non-hydrogen) atoms. The van der Waals surface area contributed by atoms with Gasteiger partial charge in [-0.25, -0.2) is 0 Å². The van der Waals surface area contributed by atoms with Crippen molar-refractivity contribution in [3.63, 3.8) is 0 Å². The van der Waals surface area contributed by atoms with Crippen molar-refractivity contribution in [2.24, 2.45) is 0 Å². The molecule has 0 aliphatic heterocycles. The first kappa shape index (κ1) is 13.3. The van der Waals surface area contributed by atoms with E-state index in [1.165, 1.54) is 0 Å². The average molecular weight is 277 g/mol. The van der Waals surface area contributed by atoms with Gasteiger partial charge >= 0.3 is 0 Å². The number of fused-ring (bicyclic) bond motifs is 1. The summed E-state index contributed by atoms with van der Waals surface area (Å²) < 4.78 is 0. The first-order valence-corrected chi connectivity index (χ1v) is 6.85. The third-order valence-electron chi connectivity index (χ3n) is 3.73. The van der Waals surface area contributed by atoms with Crippen LogP contribution in [0.1, 0.15) is 21.5 Å². The summed E-state index contributed by atoms with van der Waals surface area (Å²) in [7, 11) is 0. The Bertz CT molecular complexity index is 863. The molecule has 0 saturated heterocycles. The predicted octanol–water partition coefficient (Wildman–Crippen LogP) is 3.26. The van der Waals surface area contributed by atoms with Crippen LogP contribution in [0.4, 0.5) is 0 Å². The fourth-order valence-electron chi connectivity index (χ4n) is 2.52. The number of benzene rings is 2. The molecule has 3 heteroatoms. The Kier molecular flexibility index (Phi) is 3.40. The Labute approximate surface area is 122 Å². The van der Waals surface area contributed by atoms with Crippen molar-refractivity contribution in [1.29, 1.82) is 0 Å². The third-order valence-corrected chi connectivity index (χ3v) is 3.73. The Morgan fingerprint density at radius 3 is 2.43 bits per heavy atom. The van der Waals surface area contributed by atoms with Crippen molar-refractivity contribution in [3.05, 3.63) is 81.6 Å². The van der Waals surface area contributed by atoms with Crippen LogP contribution in [-0.4, -0.2) is 10.8 Å². The normalized spacial score (nSPS) is 10.7. The fraction of sp³-hybridized carbons (Fsp3) is 0.111. The maximum Gasteiger partial charge on any atom is 0.251 e. The second-order valence-electron chi connectivity index (χ2n) is 5.07. The number of hydrogen-bond donors (Lipinski definition) is 1. The second-order valence-corrected chi connectivity index (χ2v) is 5.07. The number of aromatic amines is 1. The molecule has 1 heterocycles. The van der Waals surface area contributed by atoms with Crippen LogP contribution >= 0.6 is 0 Å². The summed E-state index contributed by atoms with van der Waals surface area (Å²) in [6.07, 6.45) is 0.236. The monoisotopic (exact) mass is 277 g/mol. The Morgan fingerprint density at radius 1 is 1.00 bits per heavy atom. The first-order valence-electron chi connectivity index (χ1n) is 6.85. The van der Waals surface area contributed by atoms with Gasteiger partial charge in [0, 0.05) is 28.5 Å². The molecular formula is C18H15NO2. The summed E-state index contributed by atoms with van der Waals surface area (Å²) in [5, 5.41) is 0.930. The van der Waals surface area contributed by atoms with E-state index in [0.29, 0.717) is 11.1 Å². The number of H-pyrrole nitrogens is 1. The van der Waals surface area contributed by atoms with E-state index in [1.54, 1.807) is 19.1 Å². The summed E-state index contributed by atoms with van der Waals surface area (Å²) in [4.78, 5) is 27.3. The highest BCUT2D eigenvalue weighted by atomic mass is 16.1. The van der Waals surface area contributed by atoms with Gasteiger partial charge in [0.25, 0.3) is 5.56 Å². The molecule has 0 fully saturated rings. The largest absolute Gasteiger partial charge is 0.322 e. The van der Waals surface area contributed by atoms with Crippen LogP contribution in [-0.2, 0) is 6.42 Å². The summed E-state index contributed by atoms with van der Waals surface area (Å²) in [6, 6.07) is 16.7. The lowest BCUT2D eigenvalue weighted by Gasteiger charge is -2.09. The summed E-state index contributed by atoms with van der Waals surface area (Å²) in [5.41, 5.74) is 2.72. The number of hydrogen-bond acceptors (Lipinski definition) is 2. The molecule has 0 bridgehead atoms. The maximum atomic E-state index is 12.4. The summed E-state index contributed by atoms with van der Waals surface area (Å²) in [5.74, 6) is 0.0226. The molecular weight excluding hydrogens is 262 g/mol. The lowest BCUT2D eigenvalue weighted by Crippen LogP contribution is -2.15. The van der Waals surface area contributed by atoms with Crippen molar-refractivity contribution in [2.45, 2.75) is 13.3 Å². The Morgan fingerprint density at radius 2 is 1.67 bits per heavy atom. The molecule has 3 aromatic rings. The summed E-state index contributed by atoms with van der Waals surface area (Å²) >= 11 is 0. The van der Waals surface area contributed by atoms with Crippen molar-refractivity contribution in [2.75, 3.05) is 0 Å². The molecule has 0 aliphatic rings. The zero-order valence-electron chi connectivity index (χ0n) is 11.7. The Balaban J connectivity index is 2.10. The molecule has 0 atom stereocenters. The molecule has 104 valence electrons. The van der Waals surface area contributed by atoms with Gasteiger partial charge in [0.2, 0.25) is 0 Å². The van der Waals surface area contributed by atoms with E-state index in [2.05, 4.69) is 4.98 Å². The number of carbonyl (C=O) groups is 1. The molecule has 0 aliphatic carbocycles. The summed E-state index contributed by atoms with van der Waals surface area (Å²) in [6.45, 7) is 1.76. The third kappa shape index (κ3) is 2.50. The molecule has 0 spiro atoms.